The molecular formula is C28H28N6O3S. The Balaban J connectivity index is 1.11. The smallest absolute Gasteiger partial charge is 0.323 e. The number of nitrogens with zero attached hydrogens (tertiary/aromatic N) is 4. The first-order valence-corrected chi connectivity index (χ1v) is 13.1. The maximum Gasteiger partial charge on any atom is 0.323 e. The van der Waals surface area contributed by atoms with E-state index in [0.29, 0.717) is 27.7 Å². The van der Waals surface area contributed by atoms with Gasteiger partial charge in [0.1, 0.15) is 16.4 Å². The van der Waals surface area contributed by atoms with Crippen LogP contribution in [-0.2, 0) is 0 Å². The Morgan fingerprint density at radius 3 is 2.21 bits per heavy atom. The first-order valence-electron chi connectivity index (χ1n) is 12.3. The summed E-state index contributed by atoms with van der Waals surface area (Å²) in [5, 5.41) is 9.65. The molecule has 9 nitrogen and oxygen atoms in total. The van der Waals surface area contributed by atoms with E-state index in [2.05, 4.69) is 25.1 Å². The van der Waals surface area contributed by atoms with E-state index < -0.39 is 0 Å². The van der Waals surface area contributed by atoms with E-state index in [1.165, 1.54) is 0 Å². The number of benzene rings is 3. The lowest BCUT2D eigenvalue weighted by Crippen LogP contribution is -2.39. The molecule has 10 heteroatoms. The van der Waals surface area contributed by atoms with Gasteiger partial charge in [0.05, 0.1) is 11.7 Å². The van der Waals surface area contributed by atoms with Crippen molar-refractivity contribution in [2.45, 2.75) is 19.4 Å². The molecule has 0 aliphatic carbocycles. The molecule has 1 unspecified atom stereocenters. The van der Waals surface area contributed by atoms with Crippen LogP contribution in [-0.4, -0.2) is 52.6 Å². The highest BCUT2D eigenvalue weighted by Gasteiger charge is 2.30. The molecule has 0 spiro atoms. The van der Waals surface area contributed by atoms with Crippen molar-refractivity contribution < 1.29 is 14.3 Å². The summed E-state index contributed by atoms with van der Waals surface area (Å²) in [6, 6.07) is 24.2. The summed E-state index contributed by atoms with van der Waals surface area (Å²) in [4.78, 5) is 29.9. The number of nitrogens with one attached hydrogen (secondary N) is 2. The summed E-state index contributed by atoms with van der Waals surface area (Å²) in [6.07, 6.45) is 0.880. The Morgan fingerprint density at radius 2 is 1.58 bits per heavy atom. The number of carbonyl (C=O) groups excluding carboxylic acids is 2. The van der Waals surface area contributed by atoms with Crippen LogP contribution in [0.5, 0.6) is 11.5 Å². The van der Waals surface area contributed by atoms with Gasteiger partial charge in [-0.1, -0.05) is 22.7 Å². The van der Waals surface area contributed by atoms with Gasteiger partial charge in [-0.2, -0.15) is 0 Å². The molecule has 1 aromatic heterocycles. The number of aryl methyl sites for hydroxylation is 1. The van der Waals surface area contributed by atoms with Crippen LogP contribution in [0.1, 0.15) is 21.8 Å². The average molecular weight is 529 g/mol. The minimum Gasteiger partial charge on any atom is -0.457 e. The van der Waals surface area contributed by atoms with Crippen LogP contribution >= 0.6 is 11.5 Å². The van der Waals surface area contributed by atoms with E-state index in [1.807, 2.05) is 61.6 Å². The van der Waals surface area contributed by atoms with Gasteiger partial charge in [-0.15, -0.1) is 5.10 Å². The molecule has 3 aromatic carbocycles. The number of rotatable bonds is 7. The lowest BCUT2D eigenvalue weighted by atomic mass is 10.2. The summed E-state index contributed by atoms with van der Waals surface area (Å²) < 4.78 is 9.66. The summed E-state index contributed by atoms with van der Waals surface area (Å²) in [6.45, 7) is 3.39. The number of amides is 3. The molecule has 2 N–H and O–H groups in total. The molecule has 2 heterocycles. The molecular weight excluding hydrogens is 500 g/mol. The predicted octanol–water partition coefficient (Wildman–Crippen LogP) is 5.63. The van der Waals surface area contributed by atoms with E-state index in [9.17, 15) is 9.59 Å². The van der Waals surface area contributed by atoms with E-state index in [4.69, 9.17) is 4.74 Å². The van der Waals surface area contributed by atoms with E-state index in [1.54, 1.807) is 36.1 Å². The van der Waals surface area contributed by atoms with Gasteiger partial charge in [0.25, 0.3) is 5.91 Å². The number of aromatic nitrogens is 2. The molecule has 38 heavy (non-hydrogen) atoms. The minimum atomic E-state index is -0.330. The number of hydrogen-bond donors (Lipinski definition) is 2. The fraction of sp³-hybridized carbons (Fsp3) is 0.214. The molecule has 0 saturated carbocycles. The van der Waals surface area contributed by atoms with Gasteiger partial charge in [-0.05, 0) is 85.5 Å². The van der Waals surface area contributed by atoms with Gasteiger partial charge in [-0.25, -0.2) is 4.79 Å². The number of urea groups is 1. The highest BCUT2D eigenvalue weighted by atomic mass is 32.1. The summed E-state index contributed by atoms with van der Waals surface area (Å²) >= 11 is 1.14. The minimum absolute atomic E-state index is 0.0340. The number of hydrogen-bond acceptors (Lipinski definition) is 7. The quantitative estimate of drug-likeness (QED) is 0.322. The molecule has 1 aliphatic rings. The molecule has 3 amide bonds. The van der Waals surface area contributed by atoms with Gasteiger partial charge < -0.3 is 25.2 Å². The van der Waals surface area contributed by atoms with Crippen LogP contribution in [0.3, 0.4) is 0 Å². The second-order valence-electron chi connectivity index (χ2n) is 9.06. The second-order valence-corrected chi connectivity index (χ2v) is 9.81. The zero-order valence-corrected chi connectivity index (χ0v) is 21.9. The maximum atomic E-state index is 12.8. The Bertz CT molecular complexity index is 1390. The third-order valence-corrected chi connectivity index (χ3v) is 7.27. The Morgan fingerprint density at radius 1 is 0.947 bits per heavy atom. The highest BCUT2D eigenvalue weighted by Crippen LogP contribution is 2.26. The molecule has 5 rings (SSSR count). The first-order chi connectivity index (χ1) is 18.5. The third-order valence-electron chi connectivity index (χ3n) is 6.46. The van der Waals surface area contributed by atoms with Crippen molar-refractivity contribution >= 4 is 40.5 Å². The predicted molar refractivity (Wildman–Crippen MR) is 149 cm³/mol. The van der Waals surface area contributed by atoms with E-state index in [-0.39, 0.29) is 18.0 Å². The van der Waals surface area contributed by atoms with Crippen molar-refractivity contribution in [3.05, 3.63) is 89.4 Å². The number of carbonyl (C=O) groups is 2. The van der Waals surface area contributed by atoms with Crippen LogP contribution in [0.2, 0.25) is 0 Å². The topological polar surface area (TPSA) is 99.7 Å². The molecule has 194 valence electrons. The standard InChI is InChI=1S/C28H28N6O3S/c1-19-26(38-32-31-19)27(35)33(2)23-16-17-34(18-23)22-12-8-20(9-13-22)29-28(36)30-21-10-14-25(15-11-21)37-24-6-4-3-5-7-24/h3-15,23H,16-18H2,1-2H3,(H2,29,30,36). The van der Waals surface area contributed by atoms with Crippen LogP contribution in [0, 0.1) is 6.92 Å². The zero-order chi connectivity index (χ0) is 26.5. The monoisotopic (exact) mass is 528 g/mol. The van der Waals surface area contributed by atoms with Crippen molar-refractivity contribution in [1.82, 2.24) is 14.5 Å². The largest absolute Gasteiger partial charge is 0.457 e. The third kappa shape index (κ3) is 5.92. The van der Waals surface area contributed by atoms with Crippen molar-refractivity contribution in [2.24, 2.45) is 0 Å². The lowest BCUT2D eigenvalue weighted by Gasteiger charge is -2.25. The summed E-state index contributed by atoms with van der Waals surface area (Å²) in [5.74, 6) is 1.41. The van der Waals surface area contributed by atoms with Crippen LogP contribution < -0.4 is 20.3 Å². The SMILES string of the molecule is Cc1nnsc1C(=O)N(C)C1CCN(c2ccc(NC(=O)Nc3ccc(Oc4ccccc4)cc3)cc2)C1. The Labute approximate surface area is 225 Å². The van der Waals surface area contributed by atoms with Gasteiger partial charge in [-0.3, -0.25) is 4.79 Å². The van der Waals surface area contributed by atoms with Crippen LogP contribution in [0.4, 0.5) is 21.9 Å². The molecule has 1 fully saturated rings. The molecule has 4 aromatic rings. The summed E-state index contributed by atoms with van der Waals surface area (Å²) in [7, 11) is 1.84. The van der Waals surface area contributed by atoms with E-state index >= 15 is 0 Å². The number of para-hydroxylation sites is 1. The molecule has 0 bridgehead atoms. The van der Waals surface area contributed by atoms with Crippen molar-refractivity contribution in [3.8, 4) is 11.5 Å². The van der Waals surface area contributed by atoms with Gasteiger partial charge in [0.2, 0.25) is 0 Å². The fourth-order valence-corrected chi connectivity index (χ4v) is 4.97. The Hall–Kier alpha value is -4.44. The first kappa shape index (κ1) is 25.2. The number of anilines is 3. The summed E-state index contributed by atoms with van der Waals surface area (Å²) in [5.41, 5.74) is 3.06. The number of likely N-dealkylation sites (N-methyl/N-ethyl adjacent to an activating group) is 1. The molecule has 1 saturated heterocycles. The van der Waals surface area contributed by atoms with Gasteiger partial charge in [0, 0.05) is 37.2 Å². The van der Waals surface area contributed by atoms with Crippen molar-refractivity contribution in [3.63, 3.8) is 0 Å². The fourth-order valence-electron chi connectivity index (χ4n) is 4.33. The average Bonchev–Trinajstić information content (AvgIpc) is 3.59. The van der Waals surface area contributed by atoms with Crippen molar-refractivity contribution in [2.75, 3.05) is 35.7 Å². The van der Waals surface area contributed by atoms with Crippen LogP contribution in [0.15, 0.2) is 78.9 Å². The molecule has 0 radical (unpaired) electrons. The number of ether oxygens (including phenoxy) is 1. The van der Waals surface area contributed by atoms with Gasteiger partial charge >= 0.3 is 6.03 Å². The Kier molecular flexibility index (Phi) is 7.50. The van der Waals surface area contributed by atoms with Crippen molar-refractivity contribution in [1.29, 1.82) is 0 Å². The van der Waals surface area contributed by atoms with Gasteiger partial charge in [0.15, 0.2) is 0 Å². The zero-order valence-electron chi connectivity index (χ0n) is 21.1. The van der Waals surface area contributed by atoms with Crippen LogP contribution in [0.25, 0.3) is 0 Å². The maximum absolute atomic E-state index is 12.8. The lowest BCUT2D eigenvalue weighted by molar-refractivity contribution is 0.0749. The molecule has 1 aliphatic heterocycles. The molecule has 1 atom stereocenters. The second kappa shape index (κ2) is 11.3. The normalized spacial score (nSPS) is 14.7. The van der Waals surface area contributed by atoms with E-state index in [0.717, 1.165) is 42.5 Å². The highest BCUT2D eigenvalue weighted by molar-refractivity contribution is 7.07.